The third-order valence-electron chi connectivity index (χ3n) is 5.13. The molecular formula is C20H32ClN3O2. The molecule has 5 nitrogen and oxygen atoms in total. The molecule has 1 aromatic rings. The van der Waals surface area contributed by atoms with Crippen LogP contribution in [0.2, 0.25) is 0 Å². The molecule has 0 aromatic heterocycles. The Morgan fingerprint density at radius 1 is 1.12 bits per heavy atom. The van der Waals surface area contributed by atoms with Crippen LogP contribution < -0.4 is 11.1 Å². The fraction of sp³-hybridized carbons (Fsp3) is 0.600. The number of nitrogens with zero attached hydrogens (tertiary/aromatic N) is 1. The fourth-order valence-electron chi connectivity index (χ4n) is 3.29. The predicted octanol–water partition coefficient (Wildman–Crippen LogP) is 2.76. The number of benzene rings is 1. The van der Waals surface area contributed by atoms with Gasteiger partial charge in [-0.15, -0.1) is 12.4 Å². The SMILES string of the molecule is Cc1ccc(C(=O)NC(C(=O)N2CCC(C(C)N)CC2)C(C)C)cc1.Cl. The lowest BCUT2D eigenvalue weighted by Crippen LogP contribution is -2.53. The van der Waals surface area contributed by atoms with E-state index in [-0.39, 0.29) is 36.2 Å². The number of piperidine rings is 1. The second-order valence-corrected chi connectivity index (χ2v) is 7.58. The van der Waals surface area contributed by atoms with Crippen LogP contribution in [-0.2, 0) is 4.79 Å². The Kier molecular flexibility index (Phi) is 8.57. The average molecular weight is 382 g/mol. The molecule has 26 heavy (non-hydrogen) atoms. The van der Waals surface area contributed by atoms with Crippen LogP contribution >= 0.6 is 12.4 Å². The third kappa shape index (κ3) is 5.71. The highest BCUT2D eigenvalue weighted by Crippen LogP contribution is 2.21. The van der Waals surface area contributed by atoms with Gasteiger partial charge in [0.15, 0.2) is 0 Å². The molecule has 2 unspecified atom stereocenters. The average Bonchev–Trinajstić information content (AvgIpc) is 2.59. The molecule has 1 aliphatic rings. The Morgan fingerprint density at radius 2 is 1.65 bits per heavy atom. The molecule has 3 N–H and O–H groups in total. The number of carbonyl (C=O) groups is 2. The lowest BCUT2D eigenvalue weighted by atomic mass is 9.90. The molecule has 2 amide bonds. The van der Waals surface area contributed by atoms with Crippen LogP contribution in [-0.4, -0.2) is 41.9 Å². The molecule has 1 aromatic carbocycles. The first-order valence-electron chi connectivity index (χ1n) is 9.21. The Morgan fingerprint density at radius 3 is 2.12 bits per heavy atom. The van der Waals surface area contributed by atoms with E-state index in [2.05, 4.69) is 5.32 Å². The molecule has 6 heteroatoms. The summed E-state index contributed by atoms with van der Waals surface area (Å²) in [5, 5.41) is 2.93. The van der Waals surface area contributed by atoms with E-state index in [0.717, 1.165) is 18.4 Å². The molecule has 0 aliphatic carbocycles. The number of halogens is 1. The summed E-state index contributed by atoms with van der Waals surface area (Å²) >= 11 is 0. The summed E-state index contributed by atoms with van der Waals surface area (Å²) < 4.78 is 0. The Labute approximate surface area is 163 Å². The lowest BCUT2D eigenvalue weighted by molar-refractivity contribution is -0.135. The van der Waals surface area contributed by atoms with Gasteiger partial charge in [0.25, 0.3) is 5.91 Å². The summed E-state index contributed by atoms with van der Waals surface area (Å²) in [6.45, 7) is 9.37. The van der Waals surface area contributed by atoms with E-state index in [4.69, 9.17) is 5.73 Å². The van der Waals surface area contributed by atoms with Crippen LogP contribution in [0, 0.1) is 18.8 Å². The molecule has 0 saturated carbocycles. The van der Waals surface area contributed by atoms with Crippen molar-refractivity contribution in [3.05, 3.63) is 35.4 Å². The van der Waals surface area contributed by atoms with E-state index >= 15 is 0 Å². The molecule has 0 bridgehead atoms. The molecule has 0 radical (unpaired) electrons. The Balaban J connectivity index is 0.00000338. The number of amides is 2. The van der Waals surface area contributed by atoms with Gasteiger partial charge in [0, 0.05) is 24.7 Å². The summed E-state index contributed by atoms with van der Waals surface area (Å²) in [5.41, 5.74) is 7.66. The first kappa shape index (κ1) is 22.5. The van der Waals surface area contributed by atoms with Gasteiger partial charge in [0.1, 0.15) is 6.04 Å². The third-order valence-corrected chi connectivity index (χ3v) is 5.13. The second kappa shape index (κ2) is 9.93. The van der Waals surface area contributed by atoms with E-state index in [0.29, 0.717) is 24.6 Å². The van der Waals surface area contributed by atoms with Gasteiger partial charge in [-0.2, -0.15) is 0 Å². The topological polar surface area (TPSA) is 75.4 Å². The first-order chi connectivity index (χ1) is 11.8. The molecule has 1 fully saturated rings. The smallest absolute Gasteiger partial charge is 0.251 e. The zero-order chi connectivity index (χ0) is 18.6. The molecule has 2 atom stereocenters. The summed E-state index contributed by atoms with van der Waals surface area (Å²) in [6.07, 6.45) is 1.86. The number of hydrogen-bond donors (Lipinski definition) is 2. The van der Waals surface area contributed by atoms with Gasteiger partial charge in [-0.3, -0.25) is 9.59 Å². The van der Waals surface area contributed by atoms with E-state index in [1.807, 2.05) is 44.7 Å². The van der Waals surface area contributed by atoms with Crippen molar-refractivity contribution in [3.8, 4) is 0 Å². The van der Waals surface area contributed by atoms with Gasteiger partial charge in [0.2, 0.25) is 5.91 Å². The van der Waals surface area contributed by atoms with Crippen LogP contribution in [0.25, 0.3) is 0 Å². The molecule has 2 rings (SSSR count). The summed E-state index contributed by atoms with van der Waals surface area (Å²) in [6, 6.07) is 7.06. The van der Waals surface area contributed by atoms with Crippen LogP contribution in [0.15, 0.2) is 24.3 Å². The highest BCUT2D eigenvalue weighted by molar-refractivity contribution is 5.97. The van der Waals surface area contributed by atoms with E-state index in [1.54, 1.807) is 12.1 Å². The van der Waals surface area contributed by atoms with Crippen molar-refractivity contribution in [2.24, 2.45) is 17.6 Å². The fourth-order valence-corrected chi connectivity index (χ4v) is 3.29. The van der Waals surface area contributed by atoms with Gasteiger partial charge in [-0.1, -0.05) is 31.5 Å². The van der Waals surface area contributed by atoms with Crippen LogP contribution in [0.5, 0.6) is 0 Å². The molecule has 1 saturated heterocycles. The van der Waals surface area contributed by atoms with Crippen molar-refractivity contribution in [1.29, 1.82) is 0 Å². The van der Waals surface area contributed by atoms with Crippen LogP contribution in [0.4, 0.5) is 0 Å². The number of nitrogens with one attached hydrogen (secondary N) is 1. The number of aryl methyl sites for hydroxylation is 1. The maximum atomic E-state index is 12.9. The maximum absolute atomic E-state index is 12.9. The standard InChI is InChI=1S/C20H31N3O2.ClH/c1-13(2)18(22-19(24)17-7-5-14(3)6-8-17)20(25)23-11-9-16(10-12-23)15(4)21;/h5-8,13,15-16,18H,9-12,21H2,1-4H3,(H,22,24);1H. The monoisotopic (exact) mass is 381 g/mol. The van der Waals surface area contributed by atoms with Gasteiger partial charge in [-0.25, -0.2) is 0 Å². The highest BCUT2D eigenvalue weighted by Gasteiger charge is 2.32. The molecule has 146 valence electrons. The normalized spacial score (nSPS) is 17.4. The highest BCUT2D eigenvalue weighted by atomic mass is 35.5. The van der Waals surface area contributed by atoms with Crippen molar-refractivity contribution in [2.45, 2.75) is 52.6 Å². The van der Waals surface area contributed by atoms with Gasteiger partial charge >= 0.3 is 0 Å². The number of rotatable bonds is 5. The van der Waals surface area contributed by atoms with Crippen LogP contribution in [0.1, 0.15) is 49.5 Å². The molecular weight excluding hydrogens is 350 g/mol. The number of likely N-dealkylation sites (tertiary alicyclic amines) is 1. The Bertz CT molecular complexity index is 594. The molecule has 0 spiro atoms. The summed E-state index contributed by atoms with van der Waals surface area (Å²) in [7, 11) is 0. The molecule has 1 heterocycles. The minimum atomic E-state index is -0.499. The maximum Gasteiger partial charge on any atom is 0.251 e. The predicted molar refractivity (Wildman–Crippen MR) is 107 cm³/mol. The van der Waals surface area contributed by atoms with Crippen LogP contribution in [0.3, 0.4) is 0 Å². The lowest BCUT2D eigenvalue weighted by Gasteiger charge is -2.36. The van der Waals surface area contributed by atoms with Crippen molar-refractivity contribution in [1.82, 2.24) is 10.2 Å². The minimum Gasteiger partial charge on any atom is -0.341 e. The van der Waals surface area contributed by atoms with E-state index < -0.39 is 6.04 Å². The van der Waals surface area contributed by atoms with Crippen molar-refractivity contribution in [2.75, 3.05) is 13.1 Å². The van der Waals surface area contributed by atoms with E-state index in [1.165, 1.54) is 0 Å². The van der Waals surface area contributed by atoms with Crippen molar-refractivity contribution < 1.29 is 9.59 Å². The van der Waals surface area contributed by atoms with Gasteiger partial charge < -0.3 is 16.0 Å². The summed E-state index contributed by atoms with van der Waals surface area (Å²) in [4.78, 5) is 27.3. The minimum absolute atomic E-state index is 0. The Hall–Kier alpha value is -1.59. The van der Waals surface area contributed by atoms with Gasteiger partial charge in [0.05, 0.1) is 0 Å². The van der Waals surface area contributed by atoms with Crippen molar-refractivity contribution in [3.63, 3.8) is 0 Å². The number of hydrogen-bond acceptors (Lipinski definition) is 3. The van der Waals surface area contributed by atoms with Crippen molar-refractivity contribution >= 4 is 24.2 Å². The van der Waals surface area contributed by atoms with Gasteiger partial charge in [-0.05, 0) is 50.7 Å². The number of nitrogens with two attached hydrogens (primary N) is 1. The zero-order valence-electron chi connectivity index (χ0n) is 16.2. The zero-order valence-corrected chi connectivity index (χ0v) is 17.0. The largest absolute Gasteiger partial charge is 0.341 e. The summed E-state index contributed by atoms with van der Waals surface area (Å²) in [5.74, 6) is 0.327. The number of carbonyl (C=O) groups excluding carboxylic acids is 2. The van der Waals surface area contributed by atoms with E-state index in [9.17, 15) is 9.59 Å². The second-order valence-electron chi connectivity index (χ2n) is 7.58. The quantitative estimate of drug-likeness (QED) is 0.823. The molecule has 1 aliphatic heterocycles. The first-order valence-corrected chi connectivity index (χ1v) is 9.21.